The molecule has 9 heteroatoms. The number of nitrogens with zero attached hydrogens (tertiary/aromatic N) is 1. The highest BCUT2D eigenvalue weighted by Gasteiger charge is 2.65. The van der Waals surface area contributed by atoms with Crippen molar-refractivity contribution < 1.29 is 37.1 Å². The van der Waals surface area contributed by atoms with Crippen LogP contribution in [0.1, 0.15) is 18.4 Å². The number of ether oxygens (including phenoxy) is 1. The van der Waals surface area contributed by atoms with Gasteiger partial charge >= 0.3 is 12.1 Å². The van der Waals surface area contributed by atoms with Gasteiger partial charge in [-0.2, -0.15) is 13.2 Å². The van der Waals surface area contributed by atoms with Crippen molar-refractivity contribution in [3.63, 3.8) is 0 Å². The molecule has 0 N–H and O–H groups in total. The highest BCUT2D eigenvalue weighted by atomic mass is 19.4. The molecular formula is C14H12F3NO5. The van der Waals surface area contributed by atoms with Crippen molar-refractivity contribution in [3.05, 3.63) is 35.9 Å². The minimum Gasteiger partial charge on any atom is -0.355 e. The summed E-state index contributed by atoms with van der Waals surface area (Å²) in [6, 6.07) is 6.10. The van der Waals surface area contributed by atoms with Crippen molar-refractivity contribution in [1.29, 1.82) is 0 Å². The van der Waals surface area contributed by atoms with E-state index in [2.05, 4.69) is 9.57 Å². The predicted molar refractivity (Wildman–Crippen MR) is 68.4 cm³/mol. The second-order valence-corrected chi connectivity index (χ2v) is 4.71. The second-order valence-electron chi connectivity index (χ2n) is 4.71. The Labute approximate surface area is 128 Å². The van der Waals surface area contributed by atoms with E-state index in [9.17, 15) is 27.6 Å². The maximum atomic E-state index is 13.6. The molecule has 0 aromatic heterocycles. The lowest BCUT2D eigenvalue weighted by molar-refractivity contribution is -0.287. The first kappa shape index (κ1) is 16.9. The number of halogens is 3. The largest absolute Gasteiger partial charge is 0.432 e. The number of methoxy groups -OCH3 is 1. The Morgan fingerprint density at radius 3 is 2.04 bits per heavy atom. The molecule has 23 heavy (non-hydrogen) atoms. The molecule has 0 spiro atoms. The number of hydrogen-bond acceptors (Lipinski definition) is 5. The smallest absolute Gasteiger partial charge is 0.355 e. The number of amides is 2. The molecule has 1 saturated heterocycles. The van der Waals surface area contributed by atoms with E-state index in [0.29, 0.717) is 7.11 Å². The summed E-state index contributed by atoms with van der Waals surface area (Å²) in [4.78, 5) is 39.5. The molecule has 2 amide bonds. The molecule has 0 aliphatic carbocycles. The normalized spacial score (nSPS) is 18.0. The molecule has 1 aromatic carbocycles. The van der Waals surface area contributed by atoms with Gasteiger partial charge in [0, 0.05) is 25.5 Å². The van der Waals surface area contributed by atoms with Gasteiger partial charge in [0.15, 0.2) is 0 Å². The third-order valence-corrected chi connectivity index (χ3v) is 3.35. The number of carbonyl (C=O) groups excluding carboxylic acids is 3. The van der Waals surface area contributed by atoms with Crippen LogP contribution < -0.4 is 0 Å². The van der Waals surface area contributed by atoms with Crippen molar-refractivity contribution in [1.82, 2.24) is 5.06 Å². The minimum atomic E-state index is -5.17. The molecule has 1 atom stereocenters. The van der Waals surface area contributed by atoms with Crippen molar-refractivity contribution in [3.8, 4) is 0 Å². The van der Waals surface area contributed by atoms with Gasteiger partial charge in [-0.25, -0.2) is 4.79 Å². The fraction of sp³-hybridized carbons (Fsp3) is 0.357. The lowest BCUT2D eigenvalue weighted by atomic mass is 9.93. The third-order valence-electron chi connectivity index (χ3n) is 3.35. The van der Waals surface area contributed by atoms with Gasteiger partial charge in [-0.15, -0.1) is 5.06 Å². The van der Waals surface area contributed by atoms with Gasteiger partial charge in [-0.1, -0.05) is 30.3 Å². The van der Waals surface area contributed by atoms with Crippen molar-refractivity contribution in [2.45, 2.75) is 24.6 Å². The van der Waals surface area contributed by atoms with Gasteiger partial charge in [-0.3, -0.25) is 9.59 Å². The van der Waals surface area contributed by atoms with E-state index in [4.69, 9.17) is 0 Å². The third kappa shape index (κ3) is 2.79. The highest BCUT2D eigenvalue weighted by molar-refractivity contribution is 6.02. The molecule has 1 aliphatic heterocycles. The summed E-state index contributed by atoms with van der Waals surface area (Å²) in [6.07, 6.45) is -5.64. The molecule has 2 rings (SSSR count). The second kappa shape index (κ2) is 5.99. The van der Waals surface area contributed by atoms with Crippen molar-refractivity contribution in [2.75, 3.05) is 7.11 Å². The van der Waals surface area contributed by atoms with Crippen molar-refractivity contribution >= 4 is 17.8 Å². The Morgan fingerprint density at radius 1 is 1.09 bits per heavy atom. The fourth-order valence-corrected chi connectivity index (χ4v) is 2.19. The molecule has 6 nitrogen and oxygen atoms in total. The van der Waals surface area contributed by atoms with Crippen LogP contribution in [0, 0.1) is 0 Å². The first-order valence-corrected chi connectivity index (χ1v) is 6.49. The minimum absolute atomic E-state index is 0.0464. The Kier molecular flexibility index (Phi) is 4.42. The summed E-state index contributed by atoms with van der Waals surface area (Å²) in [5.41, 5.74) is -3.98. The Balaban J connectivity index is 2.44. The number of hydroxylamine groups is 2. The number of rotatable bonds is 4. The van der Waals surface area contributed by atoms with Gasteiger partial charge in [-0.05, 0) is 0 Å². The van der Waals surface area contributed by atoms with E-state index >= 15 is 0 Å². The number of benzene rings is 1. The summed E-state index contributed by atoms with van der Waals surface area (Å²) < 4.78 is 45.2. The van der Waals surface area contributed by atoms with E-state index in [1.165, 1.54) is 18.2 Å². The lowest BCUT2D eigenvalue weighted by Crippen LogP contribution is -2.53. The van der Waals surface area contributed by atoms with Crippen LogP contribution in [0.5, 0.6) is 0 Å². The van der Waals surface area contributed by atoms with Crippen LogP contribution >= 0.6 is 0 Å². The molecule has 1 fully saturated rings. The fourth-order valence-electron chi connectivity index (χ4n) is 2.19. The molecule has 124 valence electrons. The first-order valence-electron chi connectivity index (χ1n) is 6.49. The van der Waals surface area contributed by atoms with Crippen LogP contribution in [0.3, 0.4) is 0 Å². The number of alkyl halides is 3. The zero-order valence-electron chi connectivity index (χ0n) is 11.9. The van der Waals surface area contributed by atoms with Crippen LogP contribution in [-0.2, 0) is 29.6 Å². The molecule has 0 unspecified atom stereocenters. The first-order chi connectivity index (χ1) is 10.7. The highest BCUT2D eigenvalue weighted by Crippen LogP contribution is 2.43. The SMILES string of the molecule is CO[C@](C(=O)ON1C(=O)CCC1=O)(c1ccccc1)C(F)(F)F. The average Bonchev–Trinajstić information content (AvgIpc) is 2.80. The van der Waals surface area contributed by atoms with Crippen LogP contribution in [0.15, 0.2) is 30.3 Å². The molecule has 0 radical (unpaired) electrons. The zero-order valence-corrected chi connectivity index (χ0v) is 11.9. The molecule has 1 aromatic rings. The number of hydrogen-bond donors (Lipinski definition) is 0. The number of carbonyl (C=O) groups is 3. The van der Waals surface area contributed by atoms with E-state index < -0.39 is 35.1 Å². The van der Waals surface area contributed by atoms with Gasteiger partial charge in [0.05, 0.1) is 0 Å². The topological polar surface area (TPSA) is 72.9 Å². The maximum absolute atomic E-state index is 13.6. The van der Waals surface area contributed by atoms with Crippen LogP contribution in [-0.4, -0.2) is 36.1 Å². The van der Waals surface area contributed by atoms with Crippen LogP contribution in [0.2, 0.25) is 0 Å². The quantitative estimate of drug-likeness (QED) is 0.785. The van der Waals surface area contributed by atoms with Gasteiger partial charge in [0.25, 0.3) is 17.4 Å². The summed E-state index contributed by atoms with van der Waals surface area (Å²) in [5, 5.41) is 0.0464. The zero-order chi connectivity index (χ0) is 17.3. The van der Waals surface area contributed by atoms with Gasteiger partial charge in [0.2, 0.25) is 0 Å². The average molecular weight is 331 g/mol. The molecule has 1 aliphatic rings. The van der Waals surface area contributed by atoms with Gasteiger partial charge in [0.1, 0.15) is 0 Å². The van der Waals surface area contributed by atoms with E-state index in [0.717, 1.165) is 12.1 Å². The lowest BCUT2D eigenvalue weighted by Gasteiger charge is -2.32. The standard InChI is InChI=1S/C14H12F3NO5/c1-22-13(14(15,16)17,9-5-3-2-4-6-9)12(21)23-18-10(19)7-8-11(18)20/h2-6H,7-8H2,1H3/t13-/m0/s1. The molecule has 0 bridgehead atoms. The Morgan fingerprint density at radius 2 is 1.61 bits per heavy atom. The molecule has 1 heterocycles. The summed E-state index contributed by atoms with van der Waals surface area (Å²) in [6.45, 7) is 0. The predicted octanol–water partition coefficient (Wildman–Crippen LogP) is 1.70. The maximum Gasteiger partial charge on any atom is 0.432 e. The number of imide groups is 1. The van der Waals surface area contributed by atoms with E-state index in [-0.39, 0.29) is 17.9 Å². The Bertz CT molecular complexity index is 615. The molecule has 0 saturated carbocycles. The van der Waals surface area contributed by atoms with Gasteiger partial charge < -0.3 is 9.57 Å². The molecular weight excluding hydrogens is 319 g/mol. The van der Waals surface area contributed by atoms with E-state index in [1.54, 1.807) is 0 Å². The monoisotopic (exact) mass is 331 g/mol. The van der Waals surface area contributed by atoms with Crippen LogP contribution in [0.4, 0.5) is 13.2 Å². The van der Waals surface area contributed by atoms with E-state index in [1.807, 2.05) is 0 Å². The summed E-state index contributed by atoms with van der Waals surface area (Å²) in [5.74, 6) is -3.69. The van der Waals surface area contributed by atoms with Crippen molar-refractivity contribution in [2.24, 2.45) is 0 Å². The summed E-state index contributed by atoms with van der Waals surface area (Å²) >= 11 is 0. The Hall–Kier alpha value is -2.42. The summed E-state index contributed by atoms with van der Waals surface area (Å²) in [7, 11) is 0.690. The van der Waals surface area contributed by atoms with Crippen LogP contribution in [0.25, 0.3) is 0 Å².